The molecule has 0 radical (unpaired) electrons. The van der Waals surface area contributed by atoms with Crippen LogP contribution in [0.25, 0.3) is 0 Å². The molecule has 3 fully saturated rings. The summed E-state index contributed by atoms with van der Waals surface area (Å²) in [6, 6.07) is 0. The Morgan fingerprint density at radius 2 is 1.79 bits per heavy atom. The summed E-state index contributed by atoms with van der Waals surface area (Å²) in [6.07, 6.45) is 4.21. The summed E-state index contributed by atoms with van der Waals surface area (Å²) in [6.45, 7) is 6.80. The third-order valence-corrected chi connectivity index (χ3v) is 8.17. The van der Waals surface area contributed by atoms with Crippen LogP contribution in [0.4, 0.5) is 0 Å². The average molecular weight is 403 g/mol. The van der Waals surface area contributed by atoms with E-state index >= 15 is 0 Å². The minimum atomic E-state index is -0.421. The smallest absolute Gasteiger partial charge is 0.271 e. The highest BCUT2D eigenvalue weighted by Crippen LogP contribution is 2.48. The molecule has 150 valence electrons. The van der Waals surface area contributed by atoms with Crippen molar-refractivity contribution in [2.24, 2.45) is 23.2 Å². The van der Waals surface area contributed by atoms with E-state index in [2.05, 4.69) is 26.2 Å². The predicted octanol–water partition coefficient (Wildman–Crippen LogP) is 2.71. The Morgan fingerprint density at radius 3 is 2.39 bits per heavy atom. The zero-order valence-corrected chi connectivity index (χ0v) is 17.3. The van der Waals surface area contributed by atoms with E-state index in [1.54, 1.807) is 11.3 Å². The lowest BCUT2D eigenvalue weighted by Crippen LogP contribution is -2.48. The topological polar surface area (TPSA) is 75.7 Å². The fraction of sp³-hybridized carbons (Fsp3) is 0.667. The standard InChI is InChI=1S/C21H26N2O4S/c1-21(2,3)10-4-5-11-12(9-28-15(11)8-10)18(24)22-23-19(25)16-13-6-7-14(27-13)17(16)20(23)26/h9-10,13-14,16-17H,4-8H2,1-3H3,(H,22,24)/t10-,13-,14-,16-,17-/m1/s1. The quantitative estimate of drug-likeness (QED) is 0.772. The van der Waals surface area contributed by atoms with Crippen LogP contribution in [0.3, 0.4) is 0 Å². The van der Waals surface area contributed by atoms with Crippen molar-refractivity contribution in [3.8, 4) is 0 Å². The zero-order valence-electron chi connectivity index (χ0n) is 16.5. The normalized spacial score (nSPS) is 34.0. The fourth-order valence-electron chi connectivity index (χ4n) is 5.43. The average Bonchev–Trinajstić information content (AvgIpc) is 3.39. The minimum absolute atomic E-state index is 0.170. The molecular weight excluding hydrogens is 376 g/mol. The first-order chi connectivity index (χ1) is 13.3. The van der Waals surface area contributed by atoms with Gasteiger partial charge in [0.25, 0.3) is 17.7 Å². The van der Waals surface area contributed by atoms with Crippen molar-refractivity contribution in [2.45, 2.75) is 65.1 Å². The third-order valence-electron chi connectivity index (χ3n) is 7.12. The van der Waals surface area contributed by atoms with Gasteiger partial charge < -0.3 is 4.74 Å². The molecule has 6 nitrogen and oxygen atoms in total. The lowest BCUT2D eigenvalue weighted by Gasteiger charge is -2.34. The second kappa shape index (κ2) is 6.13. The lowest BCUT2D eigenvalue weighted by atomic mass is 9.72. The first-order valence-corrected chi connectivity index (χ1v) is 11.1. The molecule has 4 heterocycles. The predicted molar refractivity (Wildman–Crippen MR) is 103 cm³/mol. The van der Waals surface area contributed by atoms with Crippen LogP contribution < -0.4 is 5.43 Å². The second-order valence-electron chi connectivity index (χ2n) is 9.65. The highest BCUT2D eigenvalue weighted by atomic mass is 32.1. The molecule has 28 heavy (non-hydrogen) atoms. The molecule has 5 atom stereocenters. The van der Waals surface area contributed by atoms with Crippen LogP contribution in [0.1, 0.15) is 60.8 Å². The van der Waals surface area contributed by atoms with Gasteiger partial charge in [0.05, 0.1) is 29.6 Å². The van der Waals surface area contributed by atoms with Gasteiger partial charge >= 0.3 is 0 Å². The number of imide groups is 1. The second-order valence-corrected chi connectivity index (χ2v) is 10.6. The molecule has 7 heteroatoms. The molecule has 0 spiro atoms. The van der Waals surface area contributed by atoms with Crippen molar-refractivity contribution in [3.63, 3.8) is 0 Å². The molecule has 3 amide bonds. The van der Waals surface area contributed by atoms with Gasteiger partial charge in [-0.2, -0.15) is 5.01 Å². The van der Waals surface area contributed by atoms with E-state index in [0.717, 1.165) is 42.7 Å². The van der Waals surface area contributed by atoms with E-state index in [0.29, 0.717) is 11.5 Å². The fourth-order valence-corrected chi connectivity index (χ4v) is 6.59. The molecule has 3 aliphatic heterocycles. The first-order valence-electron chi connectivity index (χ1n) is 10.2. The van der Waals surface area contributed by atoms with Crippen LogP contribution in [-0.4, -0.2) is 34.9 Å². The van der Waals surface area contributed by atoms with Crippen molar-refractivity contribution in [2.75, 3.05) is 0 Å². The van der Waals surface area contributed by atoms with Gasteiger partial charge in [0.15, 0.2) is 0 Å². The Hall–Kier alpha value is -1.73. The number of hydrogen-bond acceptors (Lipinski definition) is 5. The van der Waals surface area contributed by atoms with E-state index in [-0.39, 0.29) is 35.3 Å². The number of ether oxygens (including phenoxy) is 1. The zero-order chi connectivity index (χ0) is 19.8. The van der Waals surface area contributed by atoms with Gasteiger partial charge in [0, 0.05) is 10.3 Å². The summed E-state index contributed by atoms with van der Waals surface area (Å²) in [5.41, 5.74) is 4.57. The molecule has 1 aliphatic carbocycles. The van der Waals surface area contributed by atoms with Crippen molar-refractivity contribution < 1.29 is 19.1 Å². The molecular formula is C21H26N2O4S. The van der Waals surface area contributed by atoms with Crippen LogP contribution in [0.2, 0.25) is 0 Å². The lowest BCUT2D eigenvalue weighted by molar-refractivity contribution is -0.145. The molecule has 1 aromatic rings. The van der Waals surface area contributed by atoms with Gasteiger partial charge in [-0.05, 0) is 49.0 Å². The number of fused-ring (bicyclic) bond motifs is 6. The number of nitrogens with one attached hydrogen (secondary N) is 1. The minimum Gasteiger partial charge on any atom is -0.373 e. The van der Waals surface area contributed by atoms with Crippen molar-refractivity contribution in [3.05, 3.63) is 21.4 Å². The van der Waals surface area contributed by atoms with E-state index < -0.39 is 11.8 Å². The van der Waals surface area contributed by atoms with Crippen LogP contribution in [0.15, 0.2) is 5.38 Å². The largest absolute Gasteiger partial charge is 0.373 e. The number of thiophene rings is 1. The number of hydrogen-bond donors (Lipinski definition) is 1. The van der Waals surface area contributed by atoms with Crippen LogP contribution in [-0.2, 0) is 27.2 Å². The van der Waals surface area contributed by atoms with Gasteiger partial charge in [-0.1, -0.05) is 20.8 Å². The van der Waals surface area contributed by atoms with Gasteiger partial charge in [0.1, 0.15) is 0 Å². The van der Waals surface area contributed by atoms with E-state index in [4.69, 9.17) is 4.74 Å². The highest BCUT2D eigenvalue weighted by molar-refractivity contribution is 7.10. The molecule has 4 aliphatic rings. The molecule has 5 rings (SSSR count). The first kappa shape index (κ1) is 18.3. The van der Waals surface area contributed by atoms with E-state index in [1.165, 1.54) is 4.88 Å². The number of hydrazine groups is 1. The summed E-state index contributed by atoms with van der Waals surface area (Å²) in [4.78, 5) is 39.7. The van der Waals surface area contributed by atoms with Crippen molar-refractivity contribution in [1.29, 1.82) is 0 Å². The van der Waals surface area contributed by atoms with Gasteiger partial charge in [-0.15, -0.1) is 11.3 Å². The van der Waals surface area contributed by atoms with Gasteiger partial charge in [-0.3, -0.25) is 19.8 Å². The summed E-state index contributed by atoms with van der Waals surface area (Å²) in [5, 5.41) is 2.85. The van der Waals surface area contributed by atoms with Gasteiger partial charge in [-0.25, -0.2) is 0 Å². The maximum Gasteiger partial charge on any atom is 0.271 e. The number of carbonyl (C=O) groups excluding carboxylic acids is 3. The Balaban J connectivity index is 1.33. The summed E-state index contributed by atoms with van der Waals surface area (Å²) < 4.78 is 5.74. The Kier molecular flexibility index (Phi) is 4.01. The molecule has 0 aromatic carbocycles. The van der Waals surface area contributed by atoms with Crippen molar-refractivity contribution in [1.82, 2.24) is 10.4 Å². The van der Waals surface area contributed by atoms with E-state index in [9.17, 15) is 14.4 Å². The molecule has 3 saturated heterocycles. The van der Waals surface area contributed by atoms with Gasteiger partial charge in [0.2, 0.25) is 0 Å². The number of amides is 3. The SMILES string of the molecule is CC(C)(C)[C@@H]1CCc2c(C(=O)NN3C(=O)[C@H]4[C@H](C3=O)[C@H]3CC[C@H]4O3)csc2C1. The number of rotatable bonds is 2. The maximum absolute atomic E-state index is 12.9. The Morgan fingerprint density at radius 1 is 1.14 bits per heavy atom. The van der Waals surface area contributed by atoms with Crippen LogP contribution >= 0.6 is 11.3 Å². The molecule has 2 bridgehead atoms. The molecule has 1 aromatic heterocycles. The molecule has 1 N–H and O–H groups in total. The summed E-state index contributed by atoms with van der Waals surface area (Å²) >= 11 is 1.62. The maximum atomic E-state index is 12.9. The Labute approximate surface area is 168 Å². The molecule has 0 unspecified atom stereocenters. The van der Waals surface area contributed by atoms with Crippen LogP contribution in [0.5, 0.6) is 0 Å². The molecule has 0 saturated carbocycles. The summed E-state index contributed by atoms with van der Waals surface area (Å²) in [5.74, 6) is -1.21. The highest BCUT2D eigenvalue weighted by Gasteiger charge is 2.63. The number of nitrogens with zero attached hydrogens (tertiary/aromatic N) is 1. The number of carbonyl (C=O) groups is 3. The third kappa shape index (κ3) is 2.59. The summed E-state index contributed by atoms with van der Waals surface area (Å²) in [7, 11) is 0. The van der Waals surface area contributed by atoms with Crippen LogP contribution in [0, 0.1) is 23.2 Å². The Bertz CT molecular complexity index is 842. The monoisotopic (exact) mass is 402 g/mol. The van der Waals surface area contributed by atoms with E-state index in [1.807, 2.05) is 5.38 Å². The van der Waals surface area contributed by atoms with Crippen molar-refractivity contribution >= 4 is 29.1 Å².